The number of halogens is 2. The van der Waals surface area contributed by atoms with Crippen LogP contribution in [0.4, 0.5) is 0 Å². The van der Waals surface area contributed by atoms with E-state index >= 15 is 0 Å². The van der Waals surface area contributed by atoms with E-state index in [0.29, 0.717) is 0 Å². The topological polar surface area (TPSA) is 0 Å². The van der Waals surface area contributed by atoms with Crippen LogP contribution < -0.4 is 79.8 Å². The molecule has 6 aromatic rings. The van der Waals surface area contributed by atoms with Crippen LogP contribution in [0.1, 0.15) is 25.7 Å². The Bertz CT molecular complexity index is 1590. The van der Waals surface area contributed by atoms with E-state index in [9.17, 15) is 0 Å². The molecule has 0 aliphatic heterocycles. The molecule has 0 radical (unpaired) electrons. The van der Waals surface area contributed by atoms with Gasteiger partial charge in [-0.2, -0.15) is 0 Å². The Balaban J connectivity index is 0.00000302. The number of benzene rings is 6. The van der Waals surface area contributed by atoms with E-state index < -0.39 is 14.5 Å². The number of allylic oxidation sites excluding steroid dienone is 6. The van der Waals surface area contributed by atoms with Gasteiger partial charge in [0.2, 0.25) is 0 Å². The van der Waals surface area contributed by atoms with Gasteiger partial charge in [-0.3, -0.25) is 0 Å². The van der Waals surface area contributed by atoms with Gasteiger partial charge in [-0.15, -0.1) is 0 Å². The third-order valence-electron chi connectivity index (χ3n) is 9.49. The van der Waals surface area contributed by atoms with Crippen LogP contribution in [0.5, 0.6) is 0 Å². The summed E-state index contributed by atoms with van der Waals surface area (Å²) in [5.74, 6) is 0. The molecule has 0 fully saturated rings. The van der Waals surface area contributed by atoms with E-state index in [1.807, 2.05) is 0 Å². The average Bonchev–Trinajstić information content (AvgIpc) is 3.20. The maximum atomic E-state index is 2.39. The fraction of sp³-hybridized carbons (Fsp3) is 0.125. The van der Waals surface area contributed by atoms with Crippen molar-refractivity contribution in [2.24, 2.45) is 0 Å². The summed E-state index contributed by atoms with van der Waals surface area (Å²) in [5.41, 5.74) is 0. The van der Waals surface area contributed by atoms with Crippen molar-refractivity contribution >= 4 is 46.4 Å². The molecule has 264 valence electrons. The highest BCUT2D eigenvalue weighted by Gasteiger charge is 2.45. The third-order valence-corrected chi connectivity index (χ3v) is 18.4. The molecule has 0 amide bonds. The van der Waals surface area contributed by atoms with Crippen molar-refractivity contribution in [2.45, 2.75) is 25.7 Å². The normalized spacial score (nSPS) is 11.8. The quantitative estimate of drug-likeness (QED) is 0.0777. The highest BCUT2D eigenvalue weighted by molar-refractivity contribution is 7.96. The van der Waals surface area contributed by atoms with Crippen LogP contribution in [0, 0.1) is 0 Å². The second kappa shape index (κ2) is 22.2. The Kier molecular flexibility index (Phi) is 17.7. The summed E-state index contributed by atoms with van der Waals surface area (Å²) >= 11 is 0. The van der Waals surface area contributed by atoms with Crippen molar-refractivity contribution in [1.29, 1.82) is 0 Å². The molecule has 6 rings (SSSR count). The fourth-order valence-electron chi connectivity index (χ4n) is 7.08. The third kappa shape index (κ3) is 10.3. The first-order valence-corrected chi connectivity index (χ1v) is 21.8. The van der Waals surface area contributed by atoms with Gasteiger partial charge in [0.15, 0.2) is 0 Å². The summed E-state index contributed by atoms with van der Waals surface area (Å²) in [6.45, 7) is 0. The van der Waals surface area contributed by atoms with Crippen LogP contribution in [0.3, 0.4) is 0 Å². The molecule has 0 heterocycles. The molecule has 0 aliphatic carbocycles. The zero-order valence-electron chi connectivity index (χ0n) is 29.7. The molecule has 6 aromatic carbocycles. The molecule has 0 aliphatic rings. The largest absolute Gasteiger partial charge is 1.00 e. The Morgan fingerprint density at radius 1 is 0.269 bits per heavy atom. The van der Waals surface area contributed by atoms with Gasteiger partial charge in [0, 0.05) is 12.8 Å². The predicted molar refractivity (Wildman–Crippen MR) is 226 cm³/mol. The van der Waals surface area contributed by atoms with Crippen LogP contribution in [0.15, 0.2) is 218 Å². The number of hydrogen-bond acceptors (Lipinski definition) is 0. The molecule has 0 aromatic heterocycles. The van der Waals surface area contributed by atoms with Gasteiger partial charge in [-0.1, -0.05) is 146 Å². The predicted octanol–water partition coefficient (Wildman–Crippen LogP) is 4.21. The summed E-state index contributed by atoms with van der Waals surface area (Å²) in [7, 11) is -3.56. The van der Waals surface area contributed by atoms with Gasteiger partial charge < -0.3 is 48.0 Å². The Labute approximate surface area is 347 Å². The molecule has 0 N–H and O–H groups in total. The van der Waals surface area contributed by atoms with Gasteiger partial charge in [0.05, 0.1) is 12.3 Å². The lowest BCUT2D eigenvalue weighted by molar-refractivity contribution is -0.00100. The van der Waals surface area contributed by atoms with Crippen molar-refractivity contribution in [1.82, 2.24) is 0 Å². The van der Waals surface area contributed by atoms with Gasteiger partial charge in [-0.05, 0) is 85.6 Å². The lowest BCUT2D eigenvalue weighted by Gasteiger charge is -2.27. The van der Waals surface area contributed by atoms with E-state index in [1.165, 1.54) is 31.8 Å². The van der Waals surface area contributed by atoms with Gasteiger partial charge in [-0.25, -0.2) is 0 Å². The minimum absolute atomic E-state index is 0. The smallest absolute Gasteiger partial charge is 0.112 e. The van der Waals surface area contributed by atoms with Gasteiger partial charge >= 0.3 is 0 Å². The van der Waals surface area contributed by atoms with Crippen molar-refractivity contribution in [3.8, 4) is 0 Å². The molecule has 0 bridgehead atoms. The second-order valence-corrected chi connectivity index (χ2v) is 19.8. The van der Waals surface area contributed by atoms with E-state index in [0.717, 1.165) is 38.0 Å². The van der Waals surface area contributed by atoms with E-state index in [1.54, 1.807) is 0 Å². The second-order valence-electron chi connectivity index (χ2n) is 12.5. The molecule has 52 heavy (non-hydrogen) atoms. The van der Waals surface area contributed by atoms with E-state index in [-0.39, 0.29) is 48.0 Å². The number of rotatable bonds is 16. The summed E-state index contributed by atoms with van der Waals surface area (Å²) < 4.78 is 0. The van der Waals surface area contributed by atoms with Crippen LogP contribution in [0.25, 0.3) is 0 Å². The molecule has 4 heteroatoms. The Hall–Kier alpha value is -3.14. The molecule has 0 spiro atoms. The zero-order chi connectivity index (χ0) is 34.2. The van der Waals surface area contributed by atoms with Crippen LogP contribution in [0.2, 0.25) is 0 Å². The van der Waals surface area contributed by atoms with E-state index in [4.69, 9.17) is 0 Å². The van der Waals surface area contributed by atoms with Crippen LogP contribution >= 0.6 is 14.5 Å². The highest BCUT2D eigenvalue weighted by Crippen LogP contribution is 2.56. The zero-order valence-corrected chi connectivity index (χ0v) is 35.8. The van der Waals surface area contributed by atoms with Crippen LogP contribution in [-0.4, -0.2) is 12.3 Å². The highest BCUT2D eigenvalue weighted by atomic mass is 127. The first kappa shape index (κ1) is 41.6. The fourth-order valence-corrected chi connectivity index (χ4v) is 15.6. The van der Waals surface area contributed by atoms with Crippen molar-refractivity contribution in [2.75, 3.05) is 12.3 Å². The van der Waals surface area contributed by atoms with Gasteiger partial charge in [0.25, 0.3) is 0 Å². The maximum absolute atomic E-state index is 2.39. The van der Waals surface area contributed by atoms with Crippen LogP contribution in [-0.2, 0) is 0 Å². The lowest BCUT2D eigenvalue weighted by atomic mass is 10.2. The van der Waals surface area contributed by atoms with E-state index in [2.05, 4.69) is 218 Å². The molecule has 0 saturated carbocycles. The first-order valence-electron chi connectivity index (χ1n) is 17.9. The standard InChI is InChI=1S/C48H48P2.2HI/c1(3-5-7-27-41-49(43-29-15-9-16-30-43,44-31-17-10-18-32-44)45-33-19-11-20-34-45)2-4-6-8-28-42-50(46-35-21-12-22-36-46,47-37-23-13-24-38-47)48-39-25-14-26-40-48;;/h1-2,5-26,29-40H,3-4,27-28,41-42H2;2*1H/q+2;;/p-2/b2-1-,7-5-,8-6-;;. The number of hydrogen-bond donors (Lipinski definition) is 0. The molecule has 0 saturated heterocycles. The average molecular weight is 941 g/mol. The minimum atomic E-state index is -1.78. The molecular formula is C48H48I2P2. The first-order chi connectivity index (χ1) is 24.8. The monoisotopic (exact) mass is 940 g/mol. The molecule has 0 atom stereocenters. The summed E-state index contributed by atoms with van der Waals surface area (Å²) in [5, 5.41) is 8.71. The van der Waals surface area contributed by atoms with Crippen molar-refractivity contribution in [3.63, 3.8) is 0 Å². The van der Waals surface area contributed by atoms with Crippen molar-refractivity contribution in [3.05, 3.63) is 218 Å². The summed E-state index contributed by atoms with van der Waals surface area (Å²) in [4.78, 5) is 0. The summed E-state index contributed by atoms with van der Waals surface area (Å²) in [6.07, 6.45) is 20.4. The van der Waals surface area contributed by atoms with Crippen molar-refractivity contribution < 1.29 is 48.0 Å². The molecule has 0 nitrogen and oxygen atoms in total. The Morgan fingerprint density at radius 3 is 0.673 bits per heavy atom. The van der Waals surface area contributed by atoms with Gasteiger partial charge in [0.1, 0.15) is 46.4 Å². The Morgan fingerprint density at radius 2 is 0.462 bits per heavy atom. The minimum Gasteiger partial charge on any atom is -1.00 e. The summed E-state index contributed by atoms with van der Waals surface area (Å²) in [6, 6.07) is 67.1. The SMILES string of the molecule is C(=C/C/C=C\CC[P+](c1ccccc1)(c1ccccc1)c1ccccc1)/C/C=C\CC[P+](c1ccccc1)(c1ccccc1)c1ccccc1.[I-].[I-]. The molecule has 0 unspecified atom stereocenters. The lowest BCUT2D eigenvalue weighted by Crippen LogP contribution is -3.00. The molecular weight excluding hydrogens is 892 g/mol. The maximum Gasteiger partial charge on any atom is 0.112 e.